The molecule has 0 bridgehead atoms. The van der Waals surface area contributed by atoms with Crippen LogP contribution in [0.1, 0.15) is 20.8 Å². The van der Waals surface area contributed by atoms with Crippen molar-refractivity contribution in [1.82, 2.24) is 9.97 Å². The van der Waals surface area contributed by atoms with Crippen LogP contribution >= 0.6 is 23.1 Å². The van der Waals surface area contributed by atoms with Crippen LogP contribution in [-0.4, -0.2) is 34.7 Å². The minimum Gasteiger partial charge on any atom is -0.486 e. The molecule has 1 aliphatic heterocycles. The molecule has 0 saturated carbocycles. The molecule has 0 spiro atoms. The first-order valence-corrected chi connectivity index (χ1v) is 9.89. The fourth-order valence-electron chi connectivity index (χ4n) is 2.74. The molecule has 8 heteroatoms. The molecule has 26 heavy (non-hydrogen) atoms. The molecule has 0 amide bonds. The number of fused-ring (bicyclic) bond motifs is 2. The number of carbonyl (C=O) groups is 1. The third-order valence-electron chi connectivity index (χ3n) is 4.22. The van der Waals surface area contributed by atoms with Gasteiger partial charge in [0.25, 0.3) is 5.56 Å². The van der Waals surface area contributed by atoms with Crippen LogP contribution < -0.4 is 15.0 Å². The molecule has 0 radical (unpaired) electrons. The summed E-state index contributed by atoms with van der Waals surface area (Å²) in [5.74, 6) is 1.36. The lowest BCUT2D eigenvalue weighted by Gasteiger charge is -2.18. The van der Waals surface area contributed by atoms with Crippen molar-refractivity contribution in [2.75, 3.05) is 19.0 Å². The molecule has 0 aliphatic carbocycles. The number of nitrogens with zero attached hydrogens (tertiary/aromatic N) is 1. The Bertz CT molecular complexity index is 1070. The summed E-state index contributed by atoms with van der Waals surface area (Å²) in [6.07, 6.45) is 0. The van der Waals surface area contributed by atoms with Crippen molar-refractivity contribution in [2.45, 2.75) is 19.0 Å². The summed E-state index contributed by atoms with van der Waals surface area (Å²) < 4.78 is 11.0. The fourth-order valence-corrected chi connectivity index (χ4v) is 4.58. The highest BCUT2D eigenvalue weighted by Gasteiger charge is 2.16. The molecule has 1 aromatic carbocycles. The molecule has 0 atom stereocenters. The molecule has 4 rings (SSSR count). The molecular weight excluding hydrogens is 372 g/mol. The number of hydrogen-bond acceptors (Lipinski definition) is 7. The van der Waals surface area contributed by atoms with Crippen molar-refractivity contribution in [2.24, 2.45) is 0 Å². The van der Waals surface area contributed by atoms with E-state index in [1.165, 1.54) is 23.1 Å². The van der Waals surface area contributed by atoms with Crippen LogP contribution in [0, 0.1) is 13.8 Å². The van der Waals surface area contributed by atoms with E-state index in [0.29, 0.717) is 45.6 Å². The Hall–Kier alpha value is -2.32. The van der Waals surface area contributed by atoms with E-state index in [1.54, 1.807) is 18.2 Å². The van der Waals surface area contributed by atoms with E-state index in [9.17, 15) is 9.59 Å². The number of Topliss-reactive ketones (excluding diaryl/α,β-unsaturated/α-hetero) is 1. The van der Waals surface area contributed by atoms with E-state index in [-0.39, 0.29) is 17.1 Å². The summed E-state index contributed by atoms with van der Waals surface area (Å²) in [5.41, 5.74) is 1.35. The lowest BCUT2D eigenvalue weighted by molar-refractivity contribution is 0.102. The van der Waals surface area contributed by atoms with Crippen LogP contribution in [0.4, 0.5) is 0 Å². The summed E-state index contributed by atoms with van der Waals surface area (Å²) in [6.45, 7) is 4.88. The second-order valence-electron chi connectivity index (χ2n) is 5.90. The van der Waals surface area contributed by atoms with Crippen LogP contribution in [0.3, 0.4) is 0 Å². The SMILES string of the molecule is Cc1sc2nc(SCC(=O)c3ccc4c(c3)OCCO4)[nH]c(=O)c2c1C. The molecule has 0 saturated heterocycles. The van der Waals surface area contributed by atoms with Gasteiger partial charge in [0.15, 0.2) is 22.4 Å². The van der Waals surface area contributed by atoms with Crippen molar-refractivity contribution in [1.29, 1.82) is 0 Å². The van der Waals surface area contributed by atoms with Crippen LogP contribution in [0.5, 0.6) is 11.5 Å². The third-order valence-corrected chi connectivity index (χ3v) is 6.20. The number of nitrogens with one attached hydrogen (secondary N) is 1. The summed E-state index contributed by atoms with van der Waals surface area (Å²) in [5, 5.41) is 1.09. The summed E-state index contributed by atoms with van der Waals surface area (Å²) in [4.78, 5) is 33.8. The second-order valence-corrected chi connectivity index (χ2v) is 8.07. The lowest BCUT2D eigenvalue weighted by atomic mass is 10.1. The van der Waals surface area contributed by atoms with Gasteiger partial charge >= 0.3 is 0 Å². The fraction of sp³-hybridized carbons (Fsp3) is 0.278. The van der Waals surface area contributed by atoms with Gasteiger partial charge in [-0.05, 0) is 37.6 Å². The van der Waals surface area contributed by atoms with Gasteiger partial charge in [-0.2, -0.15) is 0 Å². The van der Waals surface area contributed by atoms with E-state index >= 15 is 0 Å². The Balaban J connectivity index is 1.53. The quantitative estimate of drug-likeness (QED) is 0.419. The van der Waals surface area contributed by atoms with Crippen LogP contribution in [0.15, 0.2) is 28.2 Å². The number of aromatic nitrogens is 2. The highest BCUT2D eigenvalue weighted by Crippen LogP contribution is 2.31. The smallest absolute Gasteiger partial charge is 0.260 e. The highest BCUT2D eigenvalue weighted by atomic mass is 32.2. The molecule has 1 aliphatic rings. The monoisotopic (exact) mass is 388 g/mol. The number of carbonyl (C=O) groups excluding carboxylic acids is 1. The maximum atomic E-state index is 12.5. The molecular formula is C18H16N2O4S2. The number of H-pyrrole nitrogens is 1. The predicted octanol–water partition coefficient (Wildman–Crippen LogP) is 3.35. The Kier molecular flexibility index (Phi) is 4.46. The maximum absolute atomic E-state index is 12.5. The zero-order valence-corrected chi connectivity index (χ0v) is 15.9. The first-order valence-electron chi connectivity index (χ1n) is 8.08. The second kappa shape index (κ2) is 6.77. The van der Waals surface area contributed by atoms with Crippen LogP contribution in [0.25, 0.3) is 10.2 Å². The Morgan fingerprint density at radius 2 is 2.04 bits per heavy atom. The normalized spacial score (nSPS) is 13.2. The Morgan fingerprint density at radius 1 is 1.27 bits per heavy atom. The Labute approximate surface area is 157 Å². The number of aryl methyl sites for hydroxylation is 2. The van der Waals surface area contributed by atoms with Gasteiger partial charge in [0, 0.05) is 10.4 Å². The molecule has 134 valence electrons. The summed E-state index contributed by atoms with van der Waals surface area (Å²) in [7, 11) is 0. The molecule has 0 unspecified atom stereocenters. The van der Waals surface area contributed by atoms with Gasteiger partial charge in [-0.1, -0.05) is 11.8 Å². The van der Waals surface area contributed by atoms with Crippen LogP contribution in [-0.2, 0) is 0 Å². The van der Waals surface area contributed by atoms with E-state index in [1.807, 2.05) is 13.8 Å². The zero-order valence-electron chi connectivity index (χ0n) is 14.3. The lowest BCUT2D eigenvalue weighted by Crippen LogP contribution is -2.16. The number of thioether (sulfide) groups is 1. The minimum atomic E-state index is -0.161. The van der Waals surface area contributed by atoms with Gasteiger partial charge in [-0.3, -0.25) is 9.59 Å². The molecule has 1 N–H and O–H groups in total. The standard InChI is InChI=1S/C18H16N2O4S2/c1-9-10(2)26-17-15(9)16(22)19-18(20-17)25-8-12(21)11-3-4-13-14(7-11)24-6-5-23-13/h3-4,7H,5-6,8H2,1-2H3,(H,19,20,22). The summed E-state index contributed by atoms with van der Waals surface area (Å²) in [6, 6.07) is 5.17. The minimum absolute atomic E-state index is 0.0618. The third kappa shape index (κ3) is 3.10. The maximum Gasteiger partial charge on any atom is 0.260 e. The number of thiophene rings is 1. The average Bonchev–Trinajstić information content (AvgIpc) is 2.93. The van der Waals surface area contributed by atoms with Gasteiger partial charge in [0.05, 0.1) is 11.1 Å². The first kappa shape index (κ1) is 17.1. The molecule has 2 aromatic heterocycles. The number of rotatable bonds is 4. The van der Waals surface area contributed by atoms with Crippen molar-refractivity contribution < 1.29 is 14.3 Å². The van der Waals surface area contributed by atoms with Crippen molar-refractivity contribution in [3.05, 3.63) is 44.6 Å². The number of ether oxygens (including phenoxy) is 2. The van der Waals surface area contributed by atoms with Gasteiger partial charge in [-0.15, -0.1) is 11.3 Å². The Morgan fingerprint density at radius 3 is 2.85 bits per heavy atom. The molecule has 3 heterocycles. The summed E-state index contributed by atoms with van der Waals surface area (Å²) >= 11 is 2.72. The van der Waals surface area contributed by atoms with Crippen LogP contribution in [0.2, 0.25) is 0 Å². The van der Waals surface area contributed by atoms with E-state index < -0.39 is 0 Å². The predicted molar refractivity (Wildman–Crippen MR) is 102 cm³/mol. The van der Waals surface area contributed by atoms with E-state index in [2.05, 4.69) is 9.97 Å². The molecule has 0 fully saturated rings. The number of hydrogen-bond donors (Lipinski definition) is 1. The van der Waals surface area contributed by atoms with Gasteiger partial charge in [0.2, 0.25) is 0 Å². The average molecular weight is 388 g/mol. The topological polar surface area (TPSA) is 81.3 Å². The van der Waals surface area contributed by atoms with Gasteiger partial charge < -0.3 is 14.5 Å². The zero-order chi connectivity index (χ0) is 18.3. The number of ketones is 1. The van der Waals surface area contributed by atoms with Gasteiger partial charge in [0.1, 0.15) is 18.0 Å². The largest absolute Gasteiger partial charge is 0.486 e. The van der Waals surface area contributed by atoms with Gasteiger partial charge in [-0.25, -0.2) is 4.98 Å². The van der Waals surface area contributed by atoms with Crippen molar-refractivity contribution in [3.8, 4) is 11.5 Å². The van der Waals surface area contributed by atoms with Crippen molar-refractivity contribution >= 4 is 39.1 Å². The van der Waals surface area contributed by atoms with E-state index in [4.69, 9.17) is 9.47 Å². The van der Waals surface area contributed by atoms with Crippen molar-refractivity contribution in [3.63, 3.8) is 0 Å². The number of benzene rings is 1. The first-order chi connectivity index (χ1) is 12.5. The number of aromatic amines is 1. The molecule has 6 nitrogen and oxygen atoms in total. The molecule has 3 aromatic rings. The van der Waals surface area contributed by atoms with E-state index in [0.717, 1.165) is 10.4 Å². The highest BCUT2D eigenvalue weighted by molar-refractivity contribution is 7.99.